The molecule has 2 rings (SSSR count). The lowest BCUT2D eigenvalue weighted by Crippen LogP contribution is -2.16. The number of nitrogens with one attached hydrogen (secondary N) is 1. The maximum atomic E-state index is 10.7. The first-order valence-electron chi connectivity index (χ1n) is 6.30. The summed E-state index contributed by atoms with van der Waals surface area (Å²) in [6.07, 6.45) is 0. The molecule has 0 amide bonds. The number of rotatable bonds is 5. The molecule has 0 bridgehead atoms. The molecule has 2 aromatic rings. The standard InChI is InChI=1S/C14H15BrN2O3/c1-3-16-9(2)13-6-7-14(20-13)11-5-4-10(17(18)19)8-12(11)15/h4-9,16H,3H2,1-2H3. The van der Waals surface area contributed by atoms with Gasteiger partial charge in [-0.1, -0.05) is 6.92 Å². The van der Waals surface area contributed by atoms with Gasteiger partial charge < -0.3 is 9.73 Å². The van der Waals surface area contributed by atoms with E-state index in [1.54, 1.807) is 6.07 Å². The summed E-state index contributed by atoms with van der Waals surface area (Å²) in [4.78, 5) is 10.3. The number of hydrogen-bond acceptors (Lipinski definition) is 4. The highest BCUT2D eigenvalue weighted by Gasteiger charge is 2.15. The van der Waals surface area contributed by atoms with E-state index in [1.165, 1.54) is 12.1 Å². The molecule has 106 valence electrons. The van der Waals surface area contributed by atoms with Crippen LogP contribution in [0.2, 0.25) is 0 Å². The van der Waals surface area contributed by atoms with Crippen molar-refractivity contribution in [1.29, 1.82) is 0 Å². The zero-order chi connectivity index (χ0) is 14.7. The third kappa shape index (κ3) is 3.08. The minimum Gasteiger partial charge on any atom is -0.459 e. The van der Waals surface area contributed by atoms with Crippen LogP contribution in [0.4, 0.5) is 5.69 Å². The molecule has 0 radical (unpaired) electrons. The third-order valence-corrected chi connectivity index (χ3v) is 3.65. The molecule has 0 aliphatic carbocycles. The SMILES string of the molecule is CCNC(C)c1ccc(-c2ccc([N+](=O)[O-])cc2Br)o1. The summed E-state index contributed by atoms with van der Waals surface area (Å²) < 4.78 is 6.45. The molecule has 1 atom stereocenters. The lowest BCUT2D eigenvalue weighted by atomic mass is 10.1. The molecule has 1 aromatic heterocycles. The summed E-state index contributed by atoms with van der Waals surface area (Å²) in [5.74, 6) is 1.53. The highest BCUT2D eigenvalue weighted by Crippen LogP contribution is 2.33. The van der Waals surface area contributed by atoms with Crippen molar-refractivity contribution in [3.63, 3.8) is 0 Å². The zero-order valence-electron chi connectivity index (χ0n) is 11.2. The van der Waals surface area contributed by atoms with Gasteiger partial charge in [0.15, 0.2) is 0 Å². The molecule has 0 fully saturated rings. The molecule has 20 heavy (non-hydrogen) atoms. The van der Waals surface area contributed by atoms with Crippen LogP contribution in [0, 0.1) is 10.1 Å². The van der Waals surface area contributed by atoms with Crippen molar-refractivity contribution in [2.24, 2.45) is 0 Å². The lowest BCUT2D eigenvalue weighted by molar-refractivity contribution is -0.384. The van der Waals surface area contributed by atoms with Gasteiger partial charge in [-0.2, -0.15) is 0 Å². The van der Waals surface area contributed by atoms with E-state index in [1.807, 2.05) is 26.0 Å². The van der Waals surface area contributed by atoms with E-state index in [0.29, 0.717) is 10.2 Å². The normalized spacial score (nSPS) is 12.3. The molecule has 5 nitrogen and oxygen atoms in total. The number of non-ortho nitro benzene ring substituents is 1. The van der Waals surface area contributed by atoms with E-state index in [2.05, 4.69) is 21.2 Å². The quantitative estimate of drug-likeness (QED) is 0.652. The van der Waals surface area contributed by atoms with Gasteiger partial charge in [0.25, 0.3) is 5.69 Å². The summed E-state index contributed by atoms with van der Waals surface area (Å²) in [6, 6.07) is 8.54. The predicted molar refractivity (Wildman–Crippen MR) is 80.6 cm³/mol. The second-order valence-corrected chi connectivity index (χ2v) is 5.26. The van der Waals surface area contributed by atoms with Gasteiger partial charge in [-0.3, -0.25) is 10.1 Å². The molecule has 1 N–H and O–H groups in total. The Morgan fingerprint density at radius 3 is 2.75 bits per heavy atom. The number of furan rings is 1. The van der Waals surface area contributed by atoms with Crippen LogP contribution in [0.25, 0.3) is 11.3 Å². The number of nitro benzene ring substituents is 1. The van der Waals surface area contributed by atoms with Crippen molar-refractivity contribution >= 4 is 21.6 Å². The number of nitro groups is 1. The topological polar surface area (TPSA) is 68.3 Å². The average molecular weight is 339 g/mol. The molecule has 0 aliphatic rings. The summed E-state index contributed by atoms with van der Waals surface area (Å²) in [5.41, 5.74) is 0.846. The van der Waals surface area contributed by atoms with E-state index >= 15 is 0 Å². The van der Waals surface area contributed by atoms with Crippen LogP contribution in [-0.4, -0.2) is 11.5 Å². The fraction of sp³-hybridized carbons (Fsp3) is 0.286. The van der Waals surface area contributed by atoms with Gasteiger partial charge in [0.1, 0.15) is 11.5 Å². The summed E-state index contributed by atoms with van der Waals surface area (Å²) >= 11 is 3.35. The van der Waals surface area contributed by atoms with Crippen LogP contribution in [-0.2, 0) is 0 Å². The number of nitrogens with zero attached hydrogens (tertiary/aromatic N) is 1. The van der Waals surface area contributed by atoms with E-state index in [-0.39, 0.29) is 11.7 Å². The van der Waals surface area contributed by atoms with Gasteiger partial charge in [-0.25, -0.2) is 0 Å². The van der Waals surface area contributed by atoms with E-state index in [0.717, 1.165) is 17.9 Å². The minimum atomic E-state index is -0.421. The second-order valence-electron chi connectivity index (χ2n) is 4.40. The van der Waals surface area contributed by atoms with E-state index in [9.17, 15) is 10.1 Å². The zero-order valence-corrected chi connectivity index (χ0v) is 12.8. The average Bonchev–Trinajstić information content (AvgIpc) is 2.88. The first-order valence-corrected chi connectivity index (χ1v) is 7.09. The third-order valence-electron chi connectivity index (χ3n) is 2.99. The Morgan fingerprint density at radius 2 is 2.15 bits per heavy atom. The van der Waals surface area contributed by atoms with Crippen molar-refractivity contribution in [2.45, 2.75) is 19.9 Å². The fourth-order valence-corrected chi connectivity index (χ4v) is 2.52. The van der Waals surface area contributed by atoms with Crippen molar-refractivity contribution in [3.8, 4) is 11.3 Å². The van der Waals surface area contributed by atoms with Crippen molar-refractivity contribution in [3.05, 3.63) is 50.7 Å². The Kier molecular flexibility index (Phi) is 4.57. The highest BCUT2D eigenvalue weighted by molar-refractivity contribution is 9.10. The molecule has 1 aromatic carbocycles. The van der Waals surface area contributed by atoms with E-state index in [4.69, 9.17) is 4.42 Å². The summed E-state index contributed by atoms with van der Waals surface area (Å²) in [5, 5.41) is 14.0. The Morgan fingerprint density at radius 1 is 1.40 bits per heavy atom. The van der Waals surface area contributed by atoms with E-state index < -0.39 is 4.92 Å². The van der Waals surface area contributed by atoms with Crippen LogP contribution in [0.5, 0.6) is 0 Å². The number of hydrogen-bond donors (Lipinski definition) is 1. The monoisotopic (exact) mass is 338 g/mol. The smallest absolute Gasteiger partial charge is 0.270 e. The predicted octanol–water partition coefficient (Wildman–Crippen LogP) is 4.29. The van der Waals surface area contributed by atoms with Crippen LogP contribution in [0.1, 0.15) is 25.6 Å². The van der Waals surface area contributed by atoms with Crippen molar-refractivity contribution < 1.29 is 9.34 Å². The summed E-state index contributed by atoms with van der Waals surface area (Å²) in [7, 11) is 0. The van der Waals surface area contributed by atoms with Crippen LogP contribution in [0.15, 0.2) is 39.2 Å². The Bertz CT molecular complexity index is 625. The molecular weight excluding hydrogens is 324 g/mol. The first kappa shape index (κ1) is 14.7. The maximum Gasteiger partial charge on any atom is 0.270 e. The van der Waals surface area contributed by atoms with Gasteiger partial charge in [0.05, 0.1) is 11.0 Å². The van der Waals surface area contributed by atoms with Crippen LogP contribution < -0.4 is 5.32 Å². The maximum absolute atomic E-state index is 10.7. The van der Waals surface area contributed by atoms with Gasteiger partial charge >= 0.3 is 0 Å². The van der Waals surface area contributed by atoms with Crippen molar-refractivity contribution in [1.82, 2.24) is 5.32 Å². The molecule has 6 heteroatoms. The molecule has 0 saturated carbocycles. The lowest BCUT2D eigenvalue weighted by Gasteiger charge is -2.08. The molecule has 0 saturated heterocycles. The first-order chi connectivity index (χ1) is 9.52. The Labute approximate surface area is 125 Å². The molecule has 1 unspecified atom stereocenters. The molecule has 0 aliphatic heterocycles. The summed E-state index contributed by atoms with van der Waals surface area (Å²) in [6.45, 7) is 4.92. The fourth-order valence-electron chi connectivity index (χ4n) is 1.95. The van der Waals surface area contributed by atoms with Gasteiger partial charge in [0, 0.05) is 22.2 Å². The van der Waals surface area contributed by atoms with Crippen molar-refractivity contribution in [2.75, 3.05) is 6.54 Å². The second kappa shape index (κ2) is 6.19. The van der Waals surface area contributed by atoms with Gasteiger partial charge in [-0.15, -0.1) is 0 Å². The van der Waals surface area contributed by atoms with Crippen LogP contribution >= 0.6 is 15.9 Å². The van der Waals surface area contributed by atoms with Crippen LogP contribution in [0.3, 0.4) is 0 Å². The number of halogens is 1. The van der Waals surface area contributed by atoms with Gasteiger partial charge in [0.2, 0.25) is 0 Å². The highest BCUT2D eigenvalue weighted by atomic mass is 79.9. The molecule has 0 spiro atoms. The molecule has 1 heterocycles. The Hall–Kier alpha value is -1.66. The van der Waals surface area contributed by atoms with Gasteiger partial charge in [-0.05, 0) is 47.6 Å². The number of benzene rings is 1. The molecular formula is C14H15BrN2O3. The minimum absolute atomic E-state index is 0.0495. The largest absolute Gasteiger partial charge is 0.459 e. The Balaban J connectivity index is 2.30.